The zero-order valence-corrected chi connectivity index (χ0v) is 18.9. The van der Waals surface area contributed by atoms with Gasteiger partial charge in [0.05, 0.1) is 39.0 Å². The van der Waals surface area contributed by atoms with Crippen LogP contribution < -0.4 is 9.47 Å². The van der Waals surface area contributed by atoms with Crippen LogP contribution in [0.2, 0.25) is 0 Å². The topological polar surface area (TPSA) is 91.4 Å². The Morgan fingerprint density at radius 2 is 1.55 bits per heavy atom. The molecule has 0 spiro atoms. The molecule has 0 bridgehead atoms. The average molecular weight is 451 g/mol. The van der Waals surface area contributed by atoms with Crippen molar-refractivity contribution in [2.75, 3.05) is 27.9 Å². The van der Waals surface area contributed by atoms with E-state index < -0.39 is 11.9 Å². The number of ether oxygens (including phenoxy) is 4. The Kier molecular flexibility index (Phi) is 7.50. The van der Waals surface area contributed by atoms with E-state index in [-0.39, 0.29) is 23.7 Å². The van der Waals surface area contributed by atoms with Crippen LogP contribution in [0.25, 0.3) is 6.08 Å². The second-order valence-electron chi connectivity index (χ2n) is 7.18. The summed E-state index contributed by atoms with van der Waals surface area (Å²) in [5.41, 5.74) is 2.57. The van der Waals surface area contributed by atoms with E-state index >= 15 is 0 Å². The molecule has 0 fully saturated rings. The van der Waals surface area contributed by atoms with Crippen molar-refractivity contribution < 1.29 is 33.3 Å². The Morgan fingerprint density at radius 3 is 2.12 bits per heavy atom. The molecule has 172 valence electrons. The lowest BCUT2D eigenvalue weighted by Crippen LogP contribution is -2.24. The number of esters is 2. The van der Waals surface area contributed by atoms with Crippen molar-refractivity contribution in [1.82, 2.24) is 4.90 Å². The lowest BCUT2D eigenvalue weighted by atomic mass is 10.0. The van der Waals surface area contributed by atoms with Crippen molar-refractivity contribution in [2.45, 2.75) is 13.5 Å². The van der Waals surface area contributed by atoms with E-state index in [0.717, 1.165) is 5.56 Å². The largest absolute Gasteiger partial charge is 0.497 e. The highest BCUT2D eigenvalue weighted by Gasteiger charge is 2.36. The fourth-order valence-electron chi connectivity index (χ4n) is 3.36. The van der Waals surface area contributed by atoms with Gasteiger partial charge in [-0.05, 0) is 48.4 Å². The van der Waals surface area contributed by atoms with Gasteiger partial charge < -0.3 is 23.8 Å². The second kappa shape index (κ2) is 10.5. The Morgan fingerprint density at radius 1 is 0.909 bits per heavy atom. The number of methoxy groups -OCH3 is 3. The van der Waals surface area contributed by atoms with Gasteiger partial charge in [0.2, 0.25) is 0 Å². The van der Waals surface area contributed by atoms with Gasteiger partial charge in [-0.15, -0.1) is 0 Å². The Hall–Kier alpha value is -4.07. The van der Waals surface area contributed by atoms with Crippen LogP contribution in [0, 0.1) is 0 Å². The molecule has 33 heavy (non-hydrogen) atoms. The standard InChI is InChI=1S/C25H25NO7/c1-16-23(25(29)32-4)21(13-17-5-11-20(12-6-17)33-15-22(27)31-3)24(28)26(16)14-18-7-9-19(30-2)10-8-18/h5-13H,14-15H2,1-4H3/b21-13-. The molecule has 0 N–H and O–H groups in total. The van der Waals surface area contributed by atoms with E-state index in [2.05, 4.69) is 4.74 Å². The van der Waals surface area contributed by atoms with Gasteiger partial charge in [0, 0.05) is 5.70 Å². The quantitative estimate of drug-likeness (QED) is 0.450. The first-order valence-electron chi connectivity index (χ1n) is 10.1. The van der Waals surface area contributed by atoms with Crippen molar-refractivity contribution in [3.05, 3.63) is 76.5 Å². The van der Waals surface area contributed by atoms with Gasteiger partial charge in [-0.3, -0.25) is 4.79 Å². The lowest BCUT2D eigenvalue weighted by Gasteiger charge is -2.18. The van der Waals surface area contributed by atoms with Gasteiger partial charge in [-0.2, -0.15) is 0 Å². The minimum absolute atomic E-state index is 0.204. The van der Waals surface area contributed by atoms with Gasteiger partial charge in [-0.1, -0.05) is 24.3 Å². The van der Waals surface area contributed by atoms with Crippen molar-refractivity contribution in [3.8, 4) is 11.5 Å². The molecule has 1 amide bonds. The van der Waals surface area contributed by atoms with Crippen LogP contribution in [-0.2, 0) is 30.4 Å². The molecule has 0 atom stereocenters. The molecule has 2 aromatic rings. The summed E-state index contributed by atoms with van der Waals surface area (Å²) < 4.78 is 20.0. The van der Waals surface area contributed by atoms with Gasteiger partial charge in [-0.25, -0.2) is 9.59 Å². The van der Waals surface area contributed by atoms with Crippen molar-refractivity contribution in [2.24, 2.45) is 0 Å². The summed E-state index contributed by atoms with van der Waals surface area (Å²) in [7, 11) is 4.15. The molecule has 0 unspecified atom stereocenters. The van der Waals surface area contributed by atoms with Crippen LogP contribution in [-0.4, -0.2) is 50.7 Å². The van der Waals surface area contributed by atoms with Crippen LogP contribution in [0.1, 0.15) is 18.1 Å². The molecule has 1 aliphatic heterocycles. The molecule has 1 heterocycles. The minimum Gasteiger partial charge on any atom is -0.497 e. The number of carbonyl (C=O) groups is 3. The van der Waals surface area contributed by atoms with Crippen molar-refractivity contribution in [3.63, 3.8) is 0 Å². The normalized spacial score (nSPS) is 14.5. The maximum atomic E-state index is 13.3. The first-order chi connectivity index (χ1) is 15.9. The van der Waals surface area contributed by atoms with E-state index in [1.54, 1.807) is 49.3 Å². The second-order valence-corrected chi connectivity index (χ2v) is 7.18. The van der Waals surface area contributed by atoms with Crippen LogP contribution in [0.5, 0.6) is 11.5 Å². The maximum Gasteiger partial charge on any atom is 0.343 e. The molecule has 3 rings (SSSR count). The Balaban J connectivity index is 1.86. The first kappa shape index (κ1) is 23.6. The summed E-state index contributed by atoms with van der Waals surface area (Å²) in [6, 6.07) is 14.1. The van der Waals surface area contributed by atoms with Gasteiger partial charge >= 0.3 is 11.9 Å². The average Bonchev–Trinajstić information content (AvgIpc) is 3.07. The third-order valence-electron chi connectivity index (χ3n) is 5.18. The van der Waals surface area contributed by atoms with E-state index in [1.165, 1.54) is 14.2 Å². The van der Waals surface area contributed by atoms with E-state index in [0.29, 0.717) is 29.3 Å². The van der Waals surface area contributed by atoms with E-state index in [1.807, 2.05) is 24.3 Å². The molecule has 0 aliphatic carbocycles. The zero-order valence-electron chi connectivity index (χ0n) is 18.9. The first-order valence-corrected chi connectivity index (χ1v) is 10.1. The smallest absolute Gasteiger partial charge is 0.343 e. The van der Waals surface area contributed by atoms with Gasteiger partial charge in [0.25, 0.3) is 5.91 Å². The van der Waals surface area contributed by atoms with E-state index in [4.69, 9.17) is 14.2 Å². The fourth-order valence-corrected chi connectivity index (χ4v) is 3.36. The van der Waals surface area contributed by atoms with E-state index in [9.17, 15) is 14.4 Å². The zero-order chi connectivity index (χ0) is 24.0. The number of allylic oxidation sites excluding steroid dienone is 1. The van der Waals surface area contributed by atoms with Crippen molar-refractivity contribution >= 4 is 23.9 Å². The monoisotopic (exact) mass is 451 g/mol. The predicted molar refractivity (Wildman–Crippen MR) is 120 cm³/mol. The molecule has 1 aliphatic rings. The molecule has 0 radical (unpaired) electrons. The molecule has 2 aromatic carbocycles. The highest BCUT2D eigenvalue weighted by atomic mass is 16.6. The SMILES string of the molecule is COC(=O)COc1ccc(/C=C2\C(=O)N(Cc3ccc(OC)cc3)C(C)=C2C(=O)OC)cc1. The minimum atomic E-state index is -0.581. The number of hydrogen-bond acceptors (Lipinski definition) is 7. The summed E-state index contributed by atoms with van der Waals surface area (Å²) >= 11 is 0. The van der Waals surface area contributed by atoms with Gasteiger partial charge in [0.15, 0.2) is 6.61 Å². The predicted octanol–water partition coefficient (Wildman–Crippen LogP) is 3.12. The van der Waals surface area contributed by atoms with Crippen LogP contribution in [0.3, 0.4) is 0 Å². The number of amides is 1. The Bertz CT molecular complexity index is 1100. The number of benzene rings is 2. The third kappa shape index (κ3) is 5.41. The number of nitrogens with zero attached hydrogens (tertiary/aromatic N) is 1. The molecular formula is C25H25NO7. The molecule has 0 saturated heterocycles. The van der Waals surface area contributed by atoms with Crippen molar-refractivity contribution in [1.29, 1.82) is 0 Å². The lowest BCUT2D eigenvalue weighted by molar-refractivity contribution is -0.143. The Labute approximate surface area is 192 Å². The molecular weight excluding hydrogens is 426 g/mol. The summed E-state index contributed by atoms with van der Waals surface area (Å²) in [6.07, 6.45) is 1.64. The summed E-state index contributed by atoms with van der Waals surface area (Å²) in [5, 5.41) is 0. The molecule has 8 nitrogen and oxygen atoms in total. The maximum absolute atomic E-state index is 13.3. The van der Waals surface area contributed by atoms with Gasteiger partial charge in [0.1, 0.15) is 11.5 Å². The van der Waals surface area contributed by atoms with Crippen LogP contribution in [0.15, 0.2) is 65.4 Å². The number of carbonyl (C=O) groups excluding carboxylic acids is 3. The summed E-state index contributed by atoms with van der Waals surface area (Å²) in [4.78, 5) is 38.5. The number of rotatable bonds is 8. The highest BCUT2D eigenvalue weighted by Crippen LogP contribution is 2.33. The summed E-state index contributed by atoms with van der Waals surface area (Å²) in [6.45, 7) is 1.81. The molecule has 8 heteroatoms. The third-order valence-corrected chi connectivity index (χ3v) is 5.18. The summed E-state index contributed by atoms with van der Waals surface area (Å²) in [5.74, 6) is -0.176. The highest BCUT2D eigenvalue weighted by molar-refractivity contribution is 6.16. The number of hydrogen-bond donors (Lipinski definition) is 0. The van der Waals surface area contributed by atoms with Crippen LogP contribution >= 0.6 is 0 Å². The van der Waals surface area contributed by atoms with Crippen LogP contribution in [0.4, 0.5) is 0 Å². The fraction of sp³-hybridized carbons (Fsp3) is 0.240. The molecule has 0 aromatic heterocycles. The molecule has 0 saturated carbocycles.